The number of carbonyl (C=O) groups excluding carboxylic acids is 1. The van der Waals surface area contributed by atoms with Gasteiger partial charge in [0.1, 0.15) is 12.4 Å². The maximum Gasteiger partial charge on any atom is 0.244 e. The summed E-state index contributed by atoms with van der Waals surface area (Å²) in [5, 5.41) is 14.3. The molecule has 0 bridgehead atoms. The van der Waals surface area contributed by atoms with E-state index in [9.17, 15) is 17.6 Å². The first-order valence-corrected chi connectivity index (χ1v) is 9.12. The molecule has 1 atom stereocenters. The highest BCUT2D eigenvalue weighted by molar-refractivity contribution is 7.91. The standard InChI is InChI=1S/C14H16FN5O3S/c1-14(5-6-24(22,23)9-14)16-12(21)8-20-18-13(17-19-20)10-3-2-4-11(15)7-10/h2-4,7H,5-6,8-9H2,1H3,(H,16,21). The van der Waals surface area contributed by atoms with Crippen molar-refractivity contribution in [3.8, 4) is 11.4 Å². The van der Waals surface area contributed by atoms with E-state index in [1.807, 2.05) is 0 Å². The molecule has 0 radical (unpaired) electrons. The number of nitrogens with zero attached hydrogens (tertiary/aromatic N) is 4. The van der Waals surface area contributed by atoms with Crippen LogP contribution < -0.4 is 5.32 Å². The molecule has 1 amide bonds. The summed E-state index contributed by atoms with van der Waals surface area (Å²) in [7, 11) is -3.11. The summed E-state index contributed by atoms with van der Waals surface area (Å²) in [6.45, 7) is 1.50. The fourth-order valence-corrected chi connectivity index (χ4v) is 4.76. The van der Waals surface area contributed by atoms with Crippen LogP contribution in [0.5, 0.6) is 0 Å². The predicted molar refractivity (Wildman–Crippen MR) is 83.0 cm³/mol. The van der Waals surface area contributed by atoms with Crippen LogP contribution in [0.4, 0.5) is 4.39 Å². The molecular formula is C14H16FN5O3S. The number of carbonyl (C=O) groups is 1. The van der Waals surface area contributed by atoms with Gasteiger partial charge in [-0.1, -0.05) is 12.1 Å². The largest absolute Gasteiger partial charge is 0.348 e. The Balaban J connectivity index is 1.66. The predicted octanol–water partition coefficient (Wildman–Crippen LogP) is 0.173. The van der Waals surface area contributed by atoms with E-state index in [0.29, 0.717) is 12.0 Å². The van der Waals surface area contributed by atoms with Crippen LogP contribution >= 0.6 is 0 Å². The first kappa shape index (κ1) is 16.5. The van der Waals surface area contributed by atoms with Crippen LogP contribution in [0.15, 0.2) is 24.3 Å². The normalized spacial score (nSPS) is 22.4. The highest BCUT2D eigenvalue weighted by Crippen LogP contribution is 2.22. The van der Waals surface area contributed by atoms with Crippen molar-refractivity contribution in [2.24, 2.45) is 0 Å². The molecule has 1 N–H and O–H groups in total. The van der Waals surface area contributed by atoms with Gasteiger partial charge in [-0.3, -0.25) is 4.79 Å². The number of amides is 1. The second-order valence-corrected chi connectivity index (χ2v) is 8.29. The molecule has 2 heterocycles. The minimum Gasteiger partial charge on any atom is -0.348 e. The van der Waals surface area contributed by atoms with Crippen molar-refractivity contribution in [3.05, 3.63) is 30.1 Å². The summed E-state index contributed by atoms with van der Waals surface area (Å²) in [6, 6.07) is 5.73. The molecule has 1 aromatic heterocycles. The van der Waals surface area contributed by atoms with Gasteiger partial charge < -0.3 is 5.32 Å². The van der Waals surface area contributed by atoms with Crippen LogP contribution in [0.1, 0.15) is 13.3 Å². The third-order valence-electron chi connectivity index (χ3n) is 3.77. The number of nitrogens with one attached hydrogen (secondary N) is 1. The zero-order chi connectivity index (χ0) is 17.4. The van der Waals surface area contributed by atoms with E-state index in [1.165, 1.54) is 18.2 Å². The van der Waals surface area contributed by atoms with E-state index >= 15 is 0 Å². The molecule has 0 aliphatic carbocycles. The Morgan fingerprint density at radius 3 is 2.92 bits per heavy atom. The quantitative estimate of drug-likeness (QED) is 0.840. The highest BCUT2D eigenvalue weighted by atomic mass is 32.2. The van der Waals surface area contributed by atoms with Crippen LogP contribution in [0, 0.1) is 5.82 Å². The number of halogens is 1. The van der Waals surface area contributed by atoms with Crippen molar-refractivity contribution in [2.45, 2.75) is 25.4 Å². The molecule has 0 spiro atoms. The molecule has 128 valence electrons. The van der Waals surface area contributed by atoms with Gasteiger partial charge in [0.2, 0.25) is 11.7 Å². The second-order valence-electron chi connectivity index (χ2n) is 6.10. The van der Waals surface area contributed by atoms with E-state index in [1.54, 1.807) is 13.0 Å². The van der Waals surface area contributed by atoms with E-state index < -0.39 is 27.1 Å². The third-order valence-corrected chi connectivity index (χ3v) is 5.67. The molecule has 0 saturated carbocycles. The Kier molecular flexibility index (Phi) is 4.08. The van der Waals surface area contributed by atoms with Gasteiger partial charge in [0, 0.05) is 5.56 Å². The van der Waals surface area contributed by atoms with E-state index in [-0.39, 0.29) is 23.9 Å². The van der Waals surface area contributed by atoms with Crippen LogP contribution in [0.2, 0.25) is 0 Å². The zero-order valence-electron chi connectivity index (χ0n) is 12.9. The highest BCUT2D eigenvalue weighted by Gasteiger charge is 2.39. The monoisotopic (exact) mass is 353 g/mol. The number of hydrogen-bond donors (Lipinski definition) is 1. The summed E-state index contributed by atoms with van der Waals surface area (Å²) in [5.41, 5.74) is -0.322. The van der Waals surface area contributed by atoms with Crippen LogP contribution in [-0.4, -0.2) is 51.6 Å². The fraction of sp³-hybridized carbons (Fsp3) is 0.429. The maximum atomic E-state index is 13.2. The second kappa shape index (κ2) is 5.93. The number of rotatable bonds is 4. The Labute approximate surface area is 138 Å². The number of sulfone groups is 1. The first-order chi connectivity index (χ1) is 11.2. The smallest absolute Gasteiger partial charge is 0.244 e. The lowest BCUT2D eigenvalue weighted by Gasteiger charge is -2.23. The summed E-state index contributed by atoms with van der Waals surface area (Å²) < 4.78 is 36.3. The molecule has 2 aromatic rings. The minimum atomic E-state index is -3.11. The molecule has 1 aliphatic rings. The lowest BCUT2D eigenvalue weighted by Crippen LogP contribution is -2.48. The van der Waals surface area contributed by atoms with Gasteiger partial charge >= 0.3 is 0 Å². The van der Waals surface area contributed by atoms with Crippen molar-refractivity contribution in [3.63, 3.8) is 0 Å². The molecule has 3 rings (SSSR count). The molecule has 1 unspecified atom stereocenters. The summed E-state index contributed by atoms with van der Waals surface area (Å²) in [6.07, 6.45) is 0.375. The van der Waals surface area contributed by atoms with Gasteiger partial charge in [0.15, 0.2) is 9.84 Å². The lowest BCUT2D eigenvalue weighted by atomic mass is 10.0. The maximum absolute atomic E-state index is 13.2. The van der Waals surface area contributed by atoms with Crippen LogP contribution in [-0.2, 0) is 21.2 Å². The Morgan fingerprint density at radius 1 is 1.46 bits per heavy atom. The van der Waals surface area contributed by atoms with Crippen molar-refractivity contribution in [1.29, 1.82) is 0 Å². The number of hydrogen-bond acceptors (Lipinski definition) is 6. The van der Waals surface area contributed by atoms with Crippen molar-refractivity contribution >= 4 is 15.7 Å². The molecule has 1 fully saturated rings. The zero-order valence-corrected chi connectivity index (χ0v) is 13.8. The van der Waals surface area contributed by atoms with Gasteiger partial charge in [0.25, 0.3) is 0 Å². The van der Waals surface area contributed by atoms with E-state index in [2.05, 4.69) is 20.7 Å². The number of aromatic nitrogens is 4. The van der Waals surface area contributed by atoms with Crippen molar-refractivity contribution < 1.29 is 17.6 Å². The minimum absolute atomic E-state index is 0.0646. The number of benzene rings is 1. The number of tetrazole rings is 1. The molecule has 1 aromatic carbocycles. The first-order valence-electron chi connectivity index (χ1n) is 7.30. The average molecular weight is 353 g/mol. The van der Waals surface area contributed by atoms with Gasteiger partial charge in [-0.15, -0.1) is 10.2 Å². The Bertz CT molecular complexity index is 882. The Morgan fingerprint density at radius 2 is 2.25 bits per heavy atom. The molecule has 1 aliphatic heterocycles. The SMILES string of the molecule is CC1(NC(=O)Cn2nnc(-c3cccc(F)c3)n2)CCS(=O)(=O)C1. The lowest BCUT2D eigenvalue weighted by molar-refractivity contribution is -0.123. The van der Waals surface area contributed by atoms with Gasteiger partial charge in [-0.25, -0.2) is 12.8 Å². The molecular weight excluding hydrogens is 337 g/mol. The fourth-order valence-electron chi connectivity index (χ4n) is 2.67. The summed E-state index contributed by atoms with van der Waals surface area (Å²) >= 11 is 0. The third kappa shape index (κ3) is 3.75. The van der Waals surface area contributed by atoms with Crippen LogP contribution in [0.3, 0.4) is 0 Å². The van der Waals surface area contributed by atoms with Gasteiger partial charge in [-0.2, -0.15) is 4.80 Å². The molecule has 8 nitrogen and oxygen atoms in total. The molecule has 10 heteroatoms. The summed E-state index contributed by atoms with van der Waals surface area (Å²) in [4.78, 5) is 13.2. The van der Waals surface area contributed by atoms with Gasteiger partial charge in [0.05, 0.1) is 17.0 Å². The van der Waals surface area contributed by atoms with Crippen LogP contribution in [0.25, 0.3) is 11.4 Å². The Hall–Kier alpha value is -2.36. The molecule has 24 heavy (non-hydrogen) atoms. The topological polar surface area (TPSA) is 107 Å². The van der Waals surface area contributed by atoms with Crippen molar-refractivity contribution in [2.75, 3.05) is 11.5 Å². The van der Waals surface area contributed by atoms with Gasteiger partial charge in [-0.05, 0) is 30.7 Å². The van der Waals surface area contributed by atoms with Crippen molar-refractivity contribution in [1.82, 2.24) is 25.5 Å². The molecule has 1 saturated heterocycles. The average Bonchev–Trinajstić information content (AvgIpc) is 3.03. The van der Waals surface area contributed by atoms with E-state index in [4.69, 9.17) is 0 Å². The summed E-state index contributed by atoms with van der Waals surface area (Å²) in [5.74, 6) is -0.633. The van der Waals surface area contributed by atoms with E-state index in [0.717, 1.165) is 4.80 Å².